The Morgan fingerprint density at radius 1 is 0.905 bits per heavy atom. The Labute approximate surface area is 250 Å². The normalized spacial score (nSPS) is 30.2. The minimum absolute atomic E-state index is 0.0293. The summed E-state index contributed by atoms with van der Waals surface area (Å²) in [4.78, 5) is 83.0. The van der Waals surface area contributed by atoms with Crippen LogP contribution in [0, 0.1) is 23.7 Å². The summed E-state index contributed by atoms with van der Waals surface area (Å²) in [6.45, 7) is 14.8. The molecule has 12 heteroatoms. The molecule has 12 nitrogen and oxygen atoms in total. The van der Waals surface area contributed by atoms with E-state index < -0.39 is 65.8 Å². The molecule has 0 aromatic carbocycles. The van der Waals surface area contributed by atoms with Crippen LogP contribution in [0.15, 0.2) is 0 Å². The van der Waals surface area contributed by atoms with Gasteiger partial charge in [-0.2, -0.15) is 0 Å². The van der Waals surface area contributed by atoms with Crippen molar-refractivity contribution in [2.75, 3.05) is 20.1 Å². The number of amides is 5. The van der Waals surface area contributed by atoms with Crippen molar-refractivity contribution in [2.45, 2.75) is 111 Å². The van der Waals surface area contributed by atoms with Gasteiger partial charge in [-0.1, -0.05) is 54.9 Å². The van der Waals surface area contributed by atoms with Gasteiger partial charge in [0.05, 0.1) is 6.42 Å². The van der Waals surface area contributed by atoms with Crippen LogP contribution < -0.4 is 16.0 Å². The smallest absolute Gasteiger partial charge is 0.308 e. The molecule has 0 aliphatic carbocycles. The Hall–Kier alpha value is -3.18. The highest BCUT2D eigenvalue weighted by Gasteiger charge is 2.45. The monoisotopic (exact) mass is 593 g/mol. The SMILES string of the molecule is CCC(C)C1NC(=O)C2C(C)CCN2C(=O)C(CC(C)C)OC(=O)CCNC(=O)C(C)NC(=O)C(C(C)C)N(C)C1=O. The zero-order chi connectivity index (χ0) is 31.9. The second-order valence-corrected chi connectivity index (χ2v) is 12.6. The summed E-state index contributed by atoms with van der Waals surface area (Å²) in [5, 5.41) is 8.21. The molecule has 42 heavy (non-hydrogen) atoms. The molecule has 0 aromatic heterocycles. The Morgan fingerprint density at radius 2 is 1.55 bits per heavy atom. The zero-order valence-electron chi connectivity index (χ0n) is 26.7. The fourth-order valence-electron chi connectivity index (χ4n) is 5.63. The van der Waals surface area contributed by atoms with Crippen LogP contribution >= 0.6 is 0 Å². The van der Waals surface area contributed by atoms with Crippen LogP contribution in [-0.2, 0) is 33.5 Å². The molecule has 0 spiro atoms. The maximum Gasteiger partial charge on any atom is 0.308 e. The zero-order valence-corrected chi connectivity index (χ0v) is 26.7. The van der Waals surface area contributed by atoms with E-state index in [1.165, 1.54) is 23.8 Å². The second kappa shape index (κ2) is 15.3. The van der Waals surface area contributed by atoms with Crippen LogP contribution in [-0.4, -0.2) is 95.7 Å². The van der Waals surface area contributed by atoms with Gasteiger partial charge in [0.1, 0.15) is 24.2 Å². The molecule has 0 bridgehead atoms. The van der Waals surface area contributed by atoms with Gasteiger partial charge in [-0.3, -0.25) is 28.8 Å². The maximum atomic E-state index is 13.9. The third kappa shape index (κ3) is 8.67. The first kappa shape index (κ1) is 35.0. The number of carbonyl (C=O) groups excluding carboxylic acids is 6. The van der Waals surface area contributed by atoms with E-state index in [9.17, 15) is 28.8 Å². The number of hydrogen-bond donors (Lipinski definition) is 3. The van der Waals surface area contributed by atoms with Gasteiger partial charge in [0.15, 0.2) is 6.10 Å². The number of cyclic esters (lactones) is 1. The minimum atomic E-state index is -1.08. The number of nitrogens with zero attached hydrogens (tertiary/aromatic N) is 2. The van der Waals surface area contributed by atoms with E-state index in [0.29, 0.717) is 19.4 Å². The first-order valence-electron chi connectivity index (χ1n) is 15.3. The molecule has 2 saturated heterocycles. The van der Waals surface area contributed by atoms with E-state index in [1.54, 1.807) is 13.8 Å². The van der Waals surface area contributed by atoms with Crippen molar-refractivity contribution >= 4 is 35.5 Å². The van der Waals surface area contributed by atoms with Crippen LogP contribution in [0.3, 0.4) is 0 Å². The predicted molar refractivity (Wildman–Crippen MR) is 157 cm³/mol. The van der Waals surface area contributed by atoms with Gasteiger partial charge in [-0.05, 0) is 43.4 Å². The topological polar surface area (TPSA) is 154 Å². The number of ether oxygens (including phenoxy) is 1. The predicted octanol–water partition coefficient (Wildman–Crippen LogP) is 1.22. The number of rotatable bonds is 5. The fraction of sp³-hybridized carbons (Fsp3) is 0.800. The van der Waals surface area contributed by atoms with Crippen LogP contribution in [0.25, 0.3) is 0 Å². The molecular weight excluding hydrogens is 542 g/mol. The maximum absolute atomic E-state index is 13.9. The molecule has 3 N–H and O–H groups in total. The number of fused-ring (bicyclic) bond motifs is 1. The standard InChI is InChI=1S/C30H51N5O7/c1-10-18(6)23-30(41)34(9)24(17(4)5)27(38)32-20(8)26(37)31-13-11-22(36)42-21(15-16(2)3)29(40)35-14-12-19(7)25(35)28(39)33-23/h16-21,23-25H,10-15H2,1-9H3,(H,31,37)(H,32,38)(H,33,39). The average molecular weight is 594 g/mol. The van der Waals surface area contributed by atoms with Gasteiger partial charge in [0.25, 0.3) is 5.91 Å². The van der Waals surface area contributed by atoms with Gasteiger partial charge < -0.3 is 30.5 Å². The van der Waals surface area contributed by atoms with Crippen molar-refractivity contribution in [3.05, 3.63) is 0 Å². The van der Waals surface area contributed by atoms with Crippen LogP contribution in [0.1, 0.15) is 81.1 Å². The van der Waals surface area contributed by atoms with Gasteiger partial charge >= 0.3 is 5.97 Å². The van der Waals surface area contributed by atoms with Crippen LogP contribution in [0.5, 0.6) is 0 Å². The number of carbonyl (C=O) groups is 6. The molecule has 0 saturated carbocycles. The lowest BCUT2D eigenvalue weighted by Gasteiger charge is -2.36. The Bertz CT molecular complexity index is 1020. The van der Waals surface area contributed by atoms with Gasteiger partial charge in [0, 0.05) is 20.1 Å². The Morgan fingerprint density at radius 3 is 2.12 bits per heavy atom. The van der Waals surface area contributed by atoms with Crippen molar-refractivity contribution in [1.82, 2.24) is 25.8 Å². The molecule has 5 amide bonds. The lowest BCUT2D eigenvalue weighted by molar-refractivity contribution is -0.162. The summed E-state index contributed by atoms with van der Waals surface area (Å²) in [6.07, 6.45) is 0.175. The summed E-state index contributed by atoms with van der Waals surface area (Å²) in [5.74, 6) is -3.72. The first-order chi connectivity index (χ1) is 19.6. The molecular formula is C30H51N5O7. The second-order valence-electron chi connectivity index (χ2n) is 12.6. The van der Waals surface area contributed by atoms with Gasteiger partial charge in [-0.15, -0.1) is 0 Å². The summed E-state index contributed by atoms with van der Waals surface area (Å²) in [7, 11) is 1.52. The fourth-order valence-corrected chi connectivity index (χ4v) is 5.63. The van der Waals surface area contributed by atoms with Crippen molar-refractivity contribution in [1.29, 1.82) is 0 Å². The number of nitrogens with one attached hydrogen (secondary N) is 3. The summed E-state index contributed by atoms with van der Waals surface area (Å²) in [5.41, 5.74) is 0. The van der Waals surface area contributed by atoms with E-state index in [-0.39, 0.29) is 43.1 Å². The van der Waals surface area contributed by atoms with Crippen LogP contribution in [0.4, 0.5) is 0 Å². The lowest BCUT2D eigenvalue weighted by Crippen LogP contribution is -2.61. The molecule has 2 aliphatic heterocycles. The summed E-state index contributed by atoms with van der Waals surface area (Å²) in [6, 6.07) is -3.64. The molecule has 2 heterocycles. The van der Waals surface area contributed by atoms with Crippen molar-refractivity contribution in [3.8, 4) is 0 Å². The molecule has 7 unspecified atom stereocenters. The Balaban J connectivity index is 2.54. The molecule has 2 aliphatic rings. The van der Waals surface area contributed by atoms with E-state index in [4.69, 9.17) is 4.74 Å². The first-order valence-corrected chi connectivity index (χ1v) is 15.3. The molecule has 2 rings (SSSR count). The number of likely N-dealkylation sites (N-methyl/N-ethyl adjacent to an activating group) is 1. The van der Waals surface area contributed by atoms with Crippen molar-refractivity contribution < 1.29 is 33.5 Å². The van der Waals surface area contributed by atoms with Crippen molar-refractivity contribution in [2.24, 2.45) is 23.7 Å². The molecule has 0 radical (unpaired) electrons. The summed E-state index contributed by atoms with van der Waals surface area (Å²) >= 11 is 0. The molecule has 2 fully saturated rings. The quantitative estimate of drug-likeness (QED) is 0.405. The van der Waals surface area contributed by atoms with E-state index in [1.807, 2.05) is 34.6 Å². The minimum Gasteiger partial charge on any atom is -0.452 e. The molecule has 0 aromatic rings. The average Bonchev–Trinajstić information content (AvgIpc) is 3.30. The van der Waals surface area contributed by atoms with Crippen LogP contribution in [0.2, 0.25) is 0 Å². The Kier molecular flexibility index (Phi) is 12.8. The van der Waals surface area contributed by atoms with E-state index in [0.717, 1.165) is 0 Å². The third-order valence-corrected chi connectivity index (χ3v) is 8.31. The largest absolute Gasteiger partial charge is 0.452 e. The van der Waals surface area contributed by atoms with Gasteiger partial charge in [-0.25, -0.2) is 0 Å². The highest BCUT2D eigenvalue weighted by atomic mass is 16.5. The summed E-state index contributed by atoms with van der Waals surface area (Å²) < 4.78 is 5.60. The van der Waals surface area contributed by atoms with Gasteiger partial charge in [0.2, 0.25) is 23.6 Å². The van der Waals surface area contributed by atoms with Crippen molar-refractivity contribution in [3.63, 3.8) is 0 Å². The highest BCUT2D eigenvalue weighted by molar-refractivity contribution is 5.96. The highest BCUT2D eigenvalue weighted by Crippen LogP contribution is 2.27. The number of esters is 1. The third-order valence-electron chi connectivity index (χ3n) is 8.31. The number of hydrogen-bond acceptors (Lipinski definition) is 7. The lowest BCUT2D eigenvalue weighted by atomic mass is 9.94. The van der Waals surface area contributed by atoms with E-state index >= 15 is 0 Å². The van der Waals surface area contributed by atoms with E-state index in [2.05, 4.69) is 16.0 Å². The molecule has 238 valence electrons. The molecule has 7 atom stereocenters.